The monoisotopic (exact) mass is 212 g/mol. The van der Waals surface area contributed by atoms with Crippen LogP contribution < -0.4 is 5.43 Å². The van der Waals surface area contributed by atoms with E-state index in [1.807, 2.05) is 6.07 Å². The zero-order valence-electron chi connectivity index (χ0n) is 8.61. The summed E-state index contributed by atoms with van der Waals surface area (Å²) in [6.07, 6.45) is 0. The van der Waals surface area contributed by atoms with Gasteiger partial charge in [-0.3, -0.25) is 0 Å². The summed E-state index contributed by atoms with van der Waals surface area (Å²) in [5.41, 5.74) is 3.25. The predicted octanol–water partition coefficient (Wildman–Crippen LogP) is 0.109. The highest BCUT2D eigenvalue weighted by Crippen LogP contribution is 2.07. The molecule has 1 saturated heterocycles. The molecule has 1 aromatic heterocycles. The summed E-state index contributed by atoms with van der Waals surface area (Å²) in [7, 11) is 0. The Bertz CT molecular complexity index is 295. The Morgan fingerprint density at radius 1 is 1.27 bits per heavy atom. The van der Waals surface area contributed by atoms with Crippen molar-refractivity contribution in [1.29, 1.82) is 0 Å². The van der Waals surface area contributed by atoms with Crippen molar-refractivity contribution in [2.75, 3.05) is 26.3 Å². The predicted molar refractivity (Wildman–Crippen MR) is 53.9 cm³/mol. The summed E-state index contributed by atoms with van der Waals surface area (Å²) in [5.74, 6) is 1.44. The fraction of sp³-hybridized carbons (Fsp3) is 0.600. The van der Waals surface area contributed by atoms with Gasteiger partial charge in [0.25, 0.3) is 0 Å². The molecule has 2 rings (SSSR count). The molecule has 2 heterocycles. The molecule has 15 heavy (non-hydrogen) atoms. The smallest absolute Gasteiger partial charge is 0.129 e. The summed E-state index contributed by atoms with van der Waals surface area (Å²) in [4.78, 5) is 0. The molecule has 0 amide bonds. The van der Waals surface area contributed by atoms with Gasteiger partial charge < -0.3 is 14.3 Å². The van der Waals surface area contributed by atoms with E-state index in [1.54, 1.807) is 6.07 Å². The fourth-order valence-electron chi connectivity index (χ4n) is 1.51. The highest BCUT2D eigenvalue weighted by molar-refractivity contribution is 5.05. The number of nitrogens with zero attached hydrogens (tertiary/aromatic N) is 1. The first-order valence-electron chi connectivity index (χ1n) is 5.13. The Labute approximate surface area is 88.6 Å². The van der Waals surface area contributed by atoms with E-state index in [0.29, 0.717) is 12.3 Å². The highest BCUT2D eigenvalue weighted by atomic mass is 16.5. The second-order valence-corrected chi connectivity index (χ2v) is 3.46. The van der Waals surface area contributed by atoms with Crippen LogP contribution in [0, 0.1) is 0 Å². The van der Waals surface area contributed by atoms with Gasteiger partial charge >= 0.3 is 0 Å². The minimum absolute atomic E-state index is 0.0441. The van der Waals surface area contributed by atoms with E-state index in [4.69, 9.17) is 14.3 Å². The second kappa shape index (κ2) is 5.27. The normalized spacial score (nSPS) is 18.2. The lowest BCUT2D eigenvalue weighted by Gasteiger charge is -2.26. The number of hydrazine groups is 1. The lowest BCUT2D eigenvalue weighted by Crippen LogP contribution is -2.45. The third-order valence-electron chi connectivity index (χ3n) is 2.36. The van der Waals surface area contributed by atoms with Crippen LogP contribution in [-0.2, 0) is 17.9 Å². The first-order valence-corrected chi connectivity index (χ1v) is 5.13. The second-order valence-electron chi connectivity index (χ2n) is 3.46. The van der Waals surface area contributed by atoms with Crippen LogP contribution in [0.1, 0.15) is 11.5 Å². The quantitative estimate of drug-likeness (QED) is 0.741. The number of rotatable bonds is 4. The minimum Gasteiger partial charge on any atom is -0.462 e. The van der Waals surface area contributed by atoms with Crippen LogP contribution >= 0.6 is 0 Å². The molecule has 0 saturated carbocycles. The lowest BCUT2D eigenvalue weighted by molar-refractivity contribution is 0.00933. The minimum atomic E-state index is -0.0441. The molecule has 0 atom stereocenters. The van der Waals surface area contributed by atoms with Crippen LogP contribution in [0.5, 0.6) is 0 Å². The fourth-order valence-corrected chi connectivity index (χ4v) is 1.51. The molecule has 1 aliphatic rings. The summed E-state index contributed by atoms with van der Waals surface area (Å²) in [6, 6.07) is 3.66. The van der Waals surface area contributed by atoms with E-state index in [1.165, 1.54) is 0 Å². The van der Waals surface area contributed by atoms with Crippen molar-refractivity contribution in [3.05, 3.63) is 23.7 Å². The number of hydrogen-bond acceptors (Lipinski definition) is 5. The third kappa shape index (κ3) is 3.04. The molecule has 0 aliphatic carbocycles. The van der Waals surface area contributed by atoms with Gasteiger partial charge in [-0.2, -0.15) is 0 Å². The van der Waals surface area contributed by atoms with Gasteiger partial charge in [0.1, 0.15) is 18.1 Å². The summed E-state index contributed by atoms with van der Waals surface area (Å²) >= 11 is 0. The highest BCUT2D eigenvalue weighted by Gasteiger charge is 2.10. The van der Waals surface area contributed by atoms with Crippen LogP contribution in [0.2, 0.25) is 0 Å². The Balaban J connectivity index is 1.76. The number of aliphatic hydroxyl groups is 1. The van der Waals surface area contributed by atoms with E-state index in [-0.39, 0.29) is 6.61 Å². The first-order chi connectivity index (χ1) is 7.38. The summed E-state index contributed by atoms with van der Waals surface area (Å²) in [6.45, 7) is 3.94. The van der Waals surface area contributed by atoms with Crippen molar-refractivity contribution in [3.8, 4) is 0 Å². The standard InChI is InChI=1S/C10H16N2O3/c13-8-10-2-1-9(15-10)7-11-12-3-5-14-6-4-12/h1-2,11,13H,3-8H2. The van der Waals surface area contributed by atoms with E-state index < -0.39 is 0 Å². The average molecular weight is 212 g/mol. The molecule has 1 fully saturated rings. The Morgan fingerprint density at radius 3 is 2.67 bits per heavy atom. The average Bonchev–Trinajstić information content (AvgIpc) is 2.76. The number of nitrogens with one attached hydrogen (secondary N) is 1. The van der Waals surface area contributed by atoms with Crippen molar-refractivity contribution in [2.45, 2.75) is 13.2 Å². The van der Waals surface area contributed by atoms with Gasteiger partial charge in [0.2, 0.25) is 0 Å². The Kier molecular flexibility index (Phi) is 3.74. The lowest BCUT2D eigenvalue weighted by atomic mass is 10.4. The number of morpholine rings is 1. The van der Waals surface area contributed by atoms with E-state index >= 15 is 0 Å². The van der Waals surface area contributed by atoms with Crippen molar-refractivity contribution in [3.63, 3.8) is 0 Å². The Morgan fingerprint density at radius 2 is 2.00 bits per heavy atom. The topological polar surface area (TPSA) is 57.9 Å². The third-order valence-corrected chi connectivity index (χ3v) is 2.36. The maximum atomic E-state index is 8.83. The number of hydrogen-bond donors (Lipinski definition) is 2. The van der Waals surface area contributed by atoms with Gasteiger partial charge in [0.15, 0.2) is 0 Å². The molecular weight excluding hydrogens is 196 g/mol. The number of aliphatic hydroxyl groups excluding tert-OH is 1. The van der Waals surface area contributed by atoms with Crippen LogP contribution in [0.25, 0.3) is 0 Å². The van der Waals surface area contributed by atoms with E-state index in [0.717, 1.165) is 32.1 Å². The molecule has 0 radical (unpaired) electrons. The van der Waals surface area contributed by atoms with E-state index in [2.05, 4.69) is 10.4 Å². The molecule has 0 aromatic carbocycles. The maximum absolute atomic E-state index is 8.83. The zero-order valence-corrected chi connectivity index (χ0v) is 8.61. The Hall–Kier alpha value is -0.880. The van der Waals surface area contributed by atoms with Gasteiger partial charge in [-0.25, -0.2) is 10.4 Å². The SMILES string of the molecule is OCc1ccc(CNN2CCOCC2)o1. The largest absolute Gasteiger partial charge is 0.462 e. The molecule has 5 heteroatoms. The van der Waals surface area contributed by atoms with Crippen LogP contribution in [-0.4, -0.2) is 36.4 Å². The van der Waals surface area contributed by atoms with Crippen LogP contribution in [0.3, 0.4) is 0 Å². The molecule has 84 valence electrons. The van der Waals surface area contributed by atoms with E-state index in [9.17, 15) is 0 Å². The van der Waals surface area contributed by atoms with Crippen LogP contribution in [0.15, 0.2) is 16.5 Å². The summed E-state index contributed by atoms with van der Waals surface area (Å²) < 4.78 is 10.6. The molecule has 1 aliphatic heterocycles. The summed E-state index contributed by atoms with van der Waals surface area (Å²) in [5, 5.41) is 10.9. The molecular formula is C10H16N2O3. The maximum Gasteiger partial charge on any atom is 0.129 e. The van der Waals surface area contributed by atoms with Gasteiger partial charge in [-0.15, -0.1) is 0 Å². The number of ether oxygens (including phenoxy) is 1. The van der Waals surface area contributed by atoms with Crippen molar-refractivity contribution < 1.29 is 14.3 Å². The molecule has 0 unspecified atom stereocenters. The number of furan rings is 1. The van der Waals surface area contributed by atoms with Gasteiger partial charge in [-0.05, 0) is 12.1 Å². The van der Waals surface area contributed by atoms with Gasteiger partial charge in [0.05, 0.1) is 19.8 Å². The molecule has 0 bridgehead atoms. The van der Waals surface area contributed by atoms with Gasteiger partial charge in [0, 0.05) is 13.1 Å². The van der Waals surface area contributed by atoms with Crippen molar-refractivity contribution >= 4 is 0 Å². The molecule has 1 aromatic rings. The zero-order chi connectivity index (χ0) is 10.5. The van der Waals surface area contributed by atoms with Crippen molar-refractivity contribution in [2.24, 2.45) is 0 Å². The molecule has 0 spiro atoms. The molecule has 2 N–H and O–H groups in total. The van der Waals surface area contributed by atoms with Gasteiger partial charge in [-0.1, -0.05) is 0 Å². The first kappa shape index (κ1) is 10.6. The molecule has 5 nitrogen and oxygen atoms in total. The van der Waals surface area contributed by atoms with Crippen LogP contribution in [0.4, 0.5) is 0 Å². The van der Waals surface area contributed by atoms with Crippen molar-refractivity contribution in [1.82, 2.24) is 10.4 Å².